The molecule has 0 spiro atoms. The Bertz CT molecular complexity index is 1030. The molecule has 1 aromatic heterocycles. The van der Waals surface area contributed by atoms with E-state index in [4.69, 9.17) is 0 Å². The van der Waals surface area contributed by atoms with Crippen LogP contribution in [0.25, 0.3) is 5.69 Å². The zero-order valence-electron chi connectivity index (χ0n) is 17.9. The van der Waals surface area contributed by atoms with Crippen molar-refractivity contribution >= 4 is 35.1 Å². The monoisotopic (exact) mass is 453 g/mol. The smallest absolute Gasteiger partial charge is 0.234 e. The van der Waals surface area contributed by atoms with Crippen LogP contribution in [-0.2, 0) is 11.3 Å². The molecular formula is C23H27N5OS2. The van der Waals surface area contributed by atoms with Crippen LogP contribution >= 0.6 is 23.5 Å². The Kier molecular flexibility index (Phi) is 7.32. The number of benzene rings is 2. The van der Waals surface area contributed by atoms with Crippen LogP contribution in [0.1, 0.15) is 16.7 Å². The lowest BCUT2D eigenvalue weighted by atomic mass is 10.1. The van der Waals surface area contributed by atoms with Gasteiger partial charge in [-0.15, -0.1) is 10.2 Å². The minimum atomic E-state index is -0.0434. The fourth-order valence-electron chi connectivity index (χ4n) is 3.44. The summed E-state index contributed by atoms with van der Waals surface area (Å²) < 4.78 is 1.90. The lowest BCUT2D eigenvalue weighted by molar-refractivity contribution is -0.113. The summed E-state index contributed by atoms with van der Waals surface area (Å²) in [6.45, 7) is 7.26. The zero-order chi connectivity index (χ0) is 21.6. The van der Waals surface area contributed by atoms with Gasteiger partial charge in [-0.3, -0.25) is 14.3 Å². The van der Waals surface area contributed by atoms with Crippen LogP contribution in [0, 0.1) is 13.8 Å². The van der Waals surface area contributed by atoms with Crippen molar-refractivity contribution < 1.29 is 4.79 Å². The summed E-state index contributed by atoms with van der Waals surface area (Å²) >= 11 is 3.40. The van der Waals surface area contributed by atoms with E-state index in [0.29, 0.717) is 5.16 Å². The molecule has 1 aliphatic rings. The fourth-order valence-corrected chi connectivity index (χ4v) is 5.15. The molecule has 1 aliphatic heterocycles. The van der Waals surface area contributed by atoms with Crippen molar-refractivity contribution in [2.45, 2.75) is 25.5 Å². The highest BCUT2D eigenvalue weighted by atomic mass is 32.2. The number of carbonyl (C=O) groups excluding carboxylic acids is 1. The Balaban J connectivity index is 1.36. The van der Waals surface area contributed by atoms with E-state index in [1.165, 1.54) is 34.4 Å². The van der Waals surface area contributed by atoms with E-state index in [9.17, 15) is 4.79 Å². The molecule has 1 fully saturated rings. The summed E-state index contributed by atoms with van der Waals surface area (Å²) in [4.78, 5) is 15.1. The molecule has 4 rings (SSSR count). The lowest BCUT2D eigenvalue weighted by Crippen LogP contribution is -2.32. The van der Waals surface area contributed by atoms with E-state index >= 15 is 0 Å². The Morgan fingerprint density at radius 1 is 1.13 bits per heavy atom. The molecule has 1 saturated heterocycles. The number of hydrogen-bond acceptors (Lipinski definition) is 6. The molecule has 1 N–H and O–H groups in total. The van der Waals surface area contributed by atoms with Crippen molar-refractivity contribution in [3.05, 3.63) is 65.5 Å². The van der Waals surface area contributed by atoms with E-state index in [2.05, 4.69) is 57.7 Å². The fraction of sp³-hybridized carbons (Fsp3) is 0.348. The van der Waals surface area contributed by atoms with Crippen molar-refractivity contribution in [2.75, 3.05) is 35.7 Å². The van der Waals surface area contributed by atoms with Crippen LogP contribution < -0.4 is 5.32 Å². The highest BCUT2D eigenvalue weighted by molar-refractivity contribution is 7.99. The molecule has 6 nitrogen and oxygen atoms in total. The first kappa shape index (κ1) is 21.9. The van der Waals surface area contributed by atoms with Crippen molar-refractivity contribution in [1.82, 2.24) is 19.7 Å². The topological polar surface area (TPSA) is 63.1 Å². The molecule has 0 radical (unpaired) electrons. The second-order valence-electron chi connectivity index (χ2n) is 7.69. The molecule has 0 saturated carbocycles. The van der Waals surface area contributed by atoms with E-state index in [1.807, 2.05) is 35.4 Å². The van der Waals surface area contributed by atoms with Crippen LogP contribution in [-0.4, -0.2) is 55.9 Å². The summed E-state index contributed by atoms with van der Waals surface area (Å²) in [5, 5.41) is 12.0. The second-order valence-corrected chi connectivity index (χ2v) is 9.86. The maximum atomic E-state index is 12.7. The number of amides is 1. The van der Waals surface area contributed by atoms with Gasteiger partial charge in [-0.1, -0.05) is 41.6 Å². The van der Waals surface area contributed by atoms with Crippen molar-refractivity contribution in [3.8, 4) is 5.69 Å². The number of rotatable bonds is 7. The van der Waals surface area contributed by atoms with Gasteiger partial charge in [0.25, 0.3) is 0 Å². The third-order valence-corrected chi connectivity index (χ3v) is 7.13. The third kappa shape index (κ3) is 5.90. The molecule has 3 aromatic rings. The molecule has 162 valence electrons. The number of anilines is 1. The quantitative estimate of drug-likeness (QED) is 0.542. The van der Waals surface area contributed by atoms with Gasteiger partial charge in [-0.2, -0.15) is 11.8 Å². The summed E-state index contributed by atoms with van der Waals surface area (Å²) in [7, 11) is 0. The van der Waals surface area contributed by atoms with Crippen LogP contribution in [0.4, 0.5) is 5.69 Å². The molecule has 2 heterocycles. The third-order valence-electron chi connectivity index (χ3n) is 5.25. The lowest BCUT2D eigenvalue weighted by Gasteiger charge is -2.26. The maximum Gasteiger partial charge on any atom is 0.234 e. The highest BCUT2D eigenvalue weighted by Gasteiger charge is 2.14. The van der Waals surface area contributed by atoms with Gasteiger partial charge in [0, 0.05) is 42.5 Å². The van der Waals surface area contributed by atoms with Gasteiger partial charge >= 0.3 is 0 Å². The zero-order valence-corrected chi connectivity index (χ0v) is 19.5. The number of aryl methyl sites for hydroxylation is 2. The Morgan fingerprint density at radius 3 is 2.68 bits per heavy atom. The molecule has 0 bridgehead atoms. The molecular weight excluding hydrogens is 426 g/mol. The molecule has 0 aliphatic carbocycles. The van der Waals surface area contributed by atoms with Crippen molar-refractivity contribution in [2.24, 2.45) is 0 Å². The van der Waals surface area contributed by atoms with Gasteiger partial charge in [0.1, 0.15) is 6.33 Å². The average molecular weight is 454 g/mol. The predicted molar refractivity (Wildman–Crippen MR) is 129 cm³/mol. The molecule has 8 heteroatoms. The first-order valence-corrected chi connectivity index (χ1v) is 12.5. The normalized spacial score (nSPS) is 14.5. The van der Waals surface area contributed by atoms with E-state index < -0.39 is 0 Å². The van der Waals surface area contributed by atoms with Gasteiger partial charge in [-0.05, 0) is 43.2 Å². The molecule has 31 heavy (non-hydrogen) atoms. The summed E-state index contributed by atoms with van der Waals surface area (Å²) in [5.74, 6) is 2.62. The van der Waals surface area contributed by atoms with Gasteiger partial charge in [0.15, 0.2) is 5.16 Å². The number of nitrogens with zero attached hydrogens (tertiary/aromatic N) is 4. The average Bonchev–Trinajstić information content (AvgIpc) is 3.24. The number of carbonyl (C=O) groups is 1. The summed E-state index contributed by atoms with van der Waals surface area (Å²) in [5.41, 5.74) is 5.37. The maximum absolute atomic E-state index is 12.7. The van der Waals surface area contributed by atoms with Crippen molar-refractivity contribution in [1.29, 1.82) is 0 Å². The molecule has 0 atom stereocenters. The minimum Gasteiger partial charge on any atom is -0.325 e. The largest absolute Gasteiger partial charge is 0.325 e. The van der Waals surface area contributed by atoms with Crippen LogP contribution in [0.3, 0.4) is 0 Å². The summed E-state index contributed by atoms with van der Waals surface area (Å²) in [6.07, 6.45) is 1.68. The number of hydrogen-bond donors (Lipinski definition) is 1. The molecule has 0 unspecified atom stereocenters. The number of thioether (sulfide) groups is 2. The van der Waals surface area contributed by atoms with Crippen molar-refractivity contribution in [3.63, 3.8) is 0 Å². The first-order chi connectivity index (χ1) is 15.1. The summed E-state index contributed by atoms with van der Waals surface area (Å²) in [6, 6.07) is 14.5. The predicted octanol–water partition coefficient (Wildman–Crippen LogP) is 4.16. The van der Waals surface area contributed by atoms with Gasteiger partial charge in [0.2, 0.25) is 5.91 Å². The van der Waals surface area contributed by atoms with Crippen LogP contribution in [0.15, 0.2) is 53.9 Å². The van der Waals surface area contributed by atoms with Gasteiger partial charge in [-0.25, -0.2) is 0 Å². The minimum absolute atomic E-state index is 0.0434. The van der Waals surface area contributed by atoms with Gasteiger partial charge < -0.3 is 5.32 Å². The van der Waals surface area contributed by atoms with Crippen LogP contribution in [0.5, 0.6) is 0 Å². The molecule has 1 amide bonds. The van der Waals surface area contributed by atoms with Crippen LogP contribution in [0.2, 0.25) is 0 Å². The SMILES string of the molecule is Cc1ccc(-n2cnnc2SCC(=O)Nc2cc(CN3CCSCC3)ccc2C)cc1. The van der Waals surface area contributed by atoms with E-state index in [0.717, 1.165) is 36.6 Å². The standard InChI is InChI=1S/C23H27N5OS2/c1-17-3-7-20(8-4-17)28-16-24-26-23(28)31-15-22(29)25-21-13-19(6-5-18(21)2)14-27-9-11-30-12-10-27/h3-8,13,16H,9-12,14-15H2,1-2H3,(H,25,29). The Morgan fingerprint density at radius 2 is 1.90 bits per heavy atom. The second kappa shape index (κ2) is 10.3. The Labute approximate surface area is 191 Å². The van der Waals surface area contributed by atoms with E-state index in [-0.39, 0.29) is 11.7 Å². The van der Waals surface area contributed by atoms with E-state index in [1.54, 1.807) is 6.33 Å². The number of aromatic nitrogens is 3. The Hall–Kier alpha value is -2.29. The first-order valence-electron chi connectivity index (χ1n) is 10.4. The van der Waals surface area contributed by atoms with Gasteiger partial charge in [0.05, 0.1) is 5.75 Å². The number of nitrogens with one attached hydrogen (secondary N) is 1. The highest BCUT2D eigenvalue weighted by Crippen LogP contribution is 2.22. The molecule has 2 aromatic carbocycles.